The van der Waals surface area contributed by atoms with Gasteiger partial charge < -0.3 is 20.1 Å². The maximum absolute atomic E-state index is 12.3. The number of nitrogens with one attached hydrogen (secondary N) is 2. The number of hydrogen-bond acceptors (Lipinski definition) is 8. The normalized spacial score (nSPS) is 15.2. The molecule has 0 spiro atoms. The van der Waals surface area contributed by atoms with Crippen LogP contribution in [-0.2, 0) is 9.47 Å². The van der Waals surface area contributed by atoms with E-state index in [0.717, 1.165) is 27.7 Å². The van der Waals surface area contributed by atoms with Gasteiger partial charge >= 0.3 is 6.02 Å². The number of hydrogen-bond donors (Lipinski definition) is 2. The van der Waals surface area contributed by atoms with E-state index in [1.54, 1.807) is 25.5 Å². The summed E-state index contributed by atoms with van der Waals surface area (Å²) in [6.07, 6.45) is 4.78. The number of aromatic nitrogens is 3. The van der Waals surface area contributed by atoms with Gasteiger partial charge in [0.25, 0.3) is 5.91 Å². The van der Waals surface area contributed by atoms with E-state index >= 15 is 0 Å². The van der Waals surface area contributed by atoms with Gasteiger partial charge in [0, 0.05) is 43.4 Å². The second-order valence-corrected chi connectivity index (χ2v) is 8.41. The number of rotatable bonds is 8. The van der Waals surface area contributed by atoms with Gasteiger partial charge in [-0.15, -0.1) is 0 Å². The fourth-order valence-corrected chi connectivity index (χ4v) is 3.72. The van der Waals surface area contributed by atoms with Crippen LogP contribution in [0.5, 0.6) is 0 Å². The number of anilines is 1. The molecule has 10 nitrogen and oxygen atoms in total. The van der Waals surface area contributed by atoms with Crippen LogP contribution in [-0.4, -0.2) is 66.5 Å². The molecule has 4 rings (SSSR count). The van der Waals surface area contributed by atoms with Crippen molar-refractivity contribution in [3.05, 3.63) is 65.9 Å². The van der Waals surface area contributed by atoms with Gasteiger partial charge in [0.2, 0.25) is 0 Å². The number of ether oxygens (including phenoxy) is 2. The summed E-state index contributed by atoms with van der Waals surface area (Å²) < 4.78 is 10.7. The quantitative estimate of drug-likeness (QED) is 0.369. The van der Waals surface area contributed by atoms with Crippen LogP contribution >= 0.6 is 0 Å². The molecular weight excluding hydrogens is 458 g/mol. The molecule has 1 atom stereocenters. The van der Waals surface area contributed by atoms with Crippen molar-refractivity contribution in [3.63, 3.8) is 0 Å². The SMILES string of the molecule is C=NC(=N/C=C(\C)c1cc(NC[C@@H](C)c2cccc3c(C(=O)NC)ccnc23)ncn1)OC1COC1. The Hall–Kier alpha value is -4.18. The molecule has 0 saturated carbocycles. The Morgan fingerprint density at radius 1 is 1.31 bits per heavy atom. The highest BCUT2D eigenvalue weighted by molar-refractivity contribution is 6.06. The molecule has 1 fully saturated rings. The van der Waals surface area contributed by atoms with E-state index in [4.69, 9.17) is 9.47 Å². The number of benzene rings is 1. The van der Waals surface area contributed by atoms with Gasteiger partial charge in [-0.05, 0) is 30.8 Å². The van der Waals surface area contributed by atoms with Gasteiger partial charge in [0.15, 0.2) is 0 Å². The molecule has 0 aliphatic carbocycles. The van der Waals surface area contributed by atoms with E-state index < -0.39 is 0 Å². The number of nitrogens with zero attached hydrogens (tertiary/aromatic N) is 5. The van der Waals surface area contributed by atoms with E-state index in [9.17, 15) is 4.79 Å². The topological polar surface area (TPSA) is 123 Å². The van der Waals surface area contributed by atoms with Crippen LogP contribution in [0.1, 0.15) is 41.4 Å². The third-order valence-electron chi connectivity index (χ3n) is 5.85. The molecule has 3 heterocycles. The molecule has 2 N–H and O–H groups in total. The minimum atomic E-state index is -0.133. The van der Waals surface area contributed by atoms with Crippen molar-refractivity contribution in [1.29, 1.82) is 0 Å². The predicted octanol–water partition coefficient (Wildman–Crippen LogP) is 3.43. The first kappa shape index (κ1) is 24.9. The number of aliphatic imine (C=N–C) groups is 2. The number of amides is 1. The van der Waals surface area contributed by atoms with Crippen molar-refractivity contribution in [2.24, 2.45) is 9.98 Å². The van der Waals surface area contributed by atoms with Crippen molar-refractivity contribution >= 4 is 40.9 Å². The van der Waals surface area contributed by atoms with Crippen LogP contribution < -0.4 is 10.6 Å². The lowest BCUT2D eigenvalue weighted by Crippen LogP contribution is -2.37. The highest BCUT2D eigenvalue weighted by Gasteiger charge is 2.21. The monoisotopic (exact) mass is 487 g/mol. The van der Waals surface area contributed by atoms with Crippen LogP contribution in [0.25, 0.3) is 16.5 Å². The fraction of sp³-hybridized carbons (Fsp3) is 0.308. The van der Waals surface area contributed by atoms with Gasteiger partial charge in [0.1, 0.15) is 18.2 Å². The molecule has 1 aliphatic heterocycles. The smallest absolute Gasteiger partial charge is 0.316 e. The molecule has 0 bridgehead atoms. The molecule has 36 heavy (non-hydrogen) atoms. The summed E-state index contributed by atoms with van der Waals surface area (Å²) in [4.78, 5) is 33.6. The molecule has 0 unspecified atom stereocenters. The Bertz CT molecular complexity index is 1320. The number of pyridine rings is 1. The highest BCUT2D eigenvalue weighted by atomic mass is 16.6. The van der Waals surface area contributed by atoms with Crippen LogP contribution in [0.2, 0.25) is 0 Å². The zero-order valence-electron chi connectivity index (χ0n) is 20.6. The molecule has 0 radical (unpaired) electrons. The van der Waals surface area contributed by atoms with E-state index in [2.05, 4.69) is 49.2 Å². The maximum Gasteiger partial charge on any atom is 0.316 e. The largest absolute Gasteiger partial charge is 0.455 e. The third kappa shape index (κ3) is 5.72. The summed E-state index contributed by atoms with van der Waals surface area (Å²) in [7, 11) is 1.62. The molecular formula is C26H29N7O3. The van der Waals surface area contributed by atoms with E-state index in [1.165, 1.54) is 6.33 Å². The third-order valence-corrected chi connectivity index (χ3v) is 5.85. The number of para-hydroxylation sites is 1. The second kappa shape index (κ2) is 11.5. The fourth-order valence-electron chi connectivity index (χ4n) is 3.72. The zero-order chi connectivity index (χ0) is 25.5. The van der Waals surface area contributed by atoms with E-state index in [0.29, 0.717) is 31.1 Å². The Labute approximate surface area is 209 Å². The second-order valence-electron chi connectivity index (χ2n) is 8.41. The van der Waals surface area contributed by atoms with Crippen molar-refractivity contribution < 1.29 is 14.3 Å². The summed E-state index contributed by atoms with van der Waals surface area (Å²) >= 11 is 0. The van der Waals surface area contributed by atoms with Crippen LogP contribution in [0, 0.1) is 0 Å². The van der Waals surface area contributed by atoms with Crippen molar-refractivity contribution in [3.8, 4) is 0 Å². The summed E-state index contributed by atoms with van der Waals surface area (Å²) in [5, 5.41) is 6.90. The predicted molar refractivity (Wildman–Crippen MR) is 140 cm³/mol. The molecule has 1 amide bonds. The average molecular weight is 488 g/mol. The molecule has 10 heteroatoms. The molecule has 1 aliphatic rings. The summed E-state index contributed by atoms with van der Waals surface area (Å²) in [6, 6.07) is 9.71. The number of carbonyl (C=O) groups excluding carboxylic acids is 1. The lowest BCUT2D eigenvalue weighted by Gasteiger charge is -2.25. The number of fused-ring (bicyclic) bond motifs is 1. The number of amidine groups is 1. The molecule has 1 aromatic carbocycles. The molecule has 3 aromatic rings. The van der Waals surface area contributed by atoms with Crippen molar-refractivity contribution in [2.45, 2.75) is 25.9 Å². The summed E-state index contributed by atoms with van der Waals surface area (Å²) in [5.74, 6) is 0.661. The van der Waals surface area contributed by atoms with Crippen molar-refractivity contribution in [2.75, 3.05) is 32.1 Å². The summed E-state index contributed by atoms with van der Waals surface area (Å²) in [5.41, 5.74) is 4.02. The Morgan fingerprint density at radius 3 is 2.86 bits per heavy atom. The summed E-state index contributed by atoms with van der Waals surface area (Å²) in [6.45, 7) is 9.18. The van der Waals surface area contributed by atoms with Crippen LogP contribution in [0.4, 0.5) is 5.82 Å². The first-order valence-electron chi connectivity index (χ1n) is 11.6. The standard InChI is InChI=1S/C26H29N7O3/c1-16(19-6-5-7-20-21(25(34)27-3)8-9-29-24(19)20)11-30-23-10-22(32-15-33-23)17(2)12-31-26(28-4)36-18-13-35-14-18/h5-10,12,15-16,18H,4,11,13-14H2,1-3H3,(H,27,34)(H,30,32,33)/b17-12+,31-26?/t16-/m1/s1. The molecule has 186 valence electrons. The van der Waals surface area contributed by atoms with Gasteiger partial charge in [0.05, 0.1) is 30.0 Å². The van der Waals surface area contributed by atoms with E-state index in [1.807, 2.05) is 31.2 Å². The van der Waals surface area contributed by atoms with E-state index in [-0.39, 0.29) is 24.0 Å². The molecule has 1 saturated heterocycles. The minimum absolute atomic E-state index is 0.0351. The number of carbonyl (C=O) groups is 1. The van der Waals surface area contributed by atoms with Gasteiger partial charge in [-0.25, -0.2) is 20.0 Å². The molecule has 2 aromatic heterocycles. The van der Waals surface area contributed by atoms with Gasteiger partial charge in [-0.2, -0.15) is 0 Å². The Morgan fingerprint density at radius 2 is 2.14 bits per heavy atom. The first-order chi connectivity index (χ1) is 17.5. The first-order valence-corrected chi connectivity index (χ1v) is 11.6. The van der Waals surface area contributed by atoms with Crippen molar-refractivity contribution in [1.82, 2.24) is 20.3 Å². The van der Waals surface area contributed by atoms with Gasteiger partial charge in [-0.3, -0.25) is 9.78 Å². The minimum Gasteiger partial charge on any atom is -0.455 e. The Kier molecular flexibility index (Phi) is 7.96. The zero-order valence-corrected chi connectivity index (χ0v) is 20.6. The maximum atomic E-state index is 12.3. The Balaban J connectivity index is 1.46. The lowest BCUT2D eigenvalue weighted by molar-refractivity contribution is -0.0864. The van der Waals surface area contributed by atoms with Crippen LogP contribution in [0.3, 0.4) is 0 Å². The van der Waals surface area contributed by atoms with Crippen LogP contribution in [0.15, 0.2) is 59.0 Å². The van der Waals surface area contributed by atoms with Gasteiger partial charge in [-0.1, -0.05) is 25.1 Å². The highest BCUT2D eigenvalue weighted by Crippen LogP contribution is 2.26. The average Bonchev–Trinajstić information content (AvgIpc) is 2.89. The lowest BCUT2D eigenvalue weighted by atomic mass is 9.96. The number of allylic oxidation sites excluding steroid dienone is 1.